The van der Waals surface area contributed by atoms with Gasteiger partial charge in [-0.2, -0.15) is 0 Å². The number of ether oxygens (including phenoxy) is 1. The number of oxime groups is 1. The first-order valence-electron chi connectivity index (χ1n) is 8.15. The van der Waals surface area contributed by atoms with Crippen LogP contribution in [0.3, 0.4) is 0 Å². The lowest BCUT2D eigenvalue weighted by molar-refractivity contribution is 0.183. The quantitative estimate of drug-likeness (QED) is 0.364. The number of nitrogens with zero attached hydrogens (tertiary/aromatic N) is 3. The number of rotatable bonds is 6. The van der Waals surface area contributed by atoms with Crippen molar-refractivity contribution in [1.82, 2.24) is 9.88 Å². The summed E-state index contributed by atoms with van der Waals surface area (Å²) in [5.74, 6) is 0.895. The Bertz CT molecular complexity index is 678. The van der Waals surface area contributed by atoms with E-state index in [0.29, 0.717) is 11.6 Å². The number of aromatic nitrogens is 1. The lowest BCUT2D eigenvalue weighted by Gasteiger charge is -2.26. The van der Waals surface area contributed by atoms with E-state index in [2.05, 4.69) is 15.0 Å². The summed E-state index contributed by atoms with van der Waals surface area (Å²) in [6.07, 6.45) is 3.96. The molecule has 1 aliphatic heterocycles. The zero-order chi connectivity index (χ0) is 16.8. The molecule has 1 aromatic carbocycles. The Morgan fingerprint density at radius 3 is 2.71 bits per heavy atom. The summed E-state index contributed by atoms with van der Waals surface area (Å²) in [5.41, 5.74) is 7.34. The van der Waals surface area contributed by atoms with Crippen LogP contribution in [0.15, 0.2) is 34.8 Å². The first-order valence-corrected chi connectivity index (χ1v) is 9.03. The second kappa shape index (κ2) is 8.12. The zero-order valence-corrected chi connectivity index (χ0v) is 14.3. The number of hydrogen-bond donors (Lipinski definition) is 2. The summed E-state index contributed by atoms with van der Waals surface area (Å²) in [7, 11) is 0. The first-order chi connectivity index (χ1) is 11.8. The monoisotopic (exact) mass is 346 g/mol. The van der Waals surface area contributed by atoms with E-state index in [1.807, 2.05) is 29.6 Å². The highest BCUT2D eigenvalue weighted by Gasteiger charge is 2.10. The van der Waals surface area contributed by atoms with Gasteiger partial charge in [-0.15, -0.1) is 11.3 Å². The van der Waals surface area contributed by atoms with Gasteiger partial charge in [0.25, 0.3) is 0 Å². The molecular weight excluding hydrogens is 324 g/mol. The molecule has 0 radical (unpaired) electrons. The lowest BCUT2D eigenvalue weighted by Crippen LogP contribution is -2.33. The van der Waals surface area contributed by atoms with Crippen LogP contribution in [0.1, 0.15) is 24.3 Å². The van der Waals surface area contributed by atoms with Crippen molar-refractivity contribution in [1.29, 1.82) is 0 Å². The molecule has 24 heavy (non-hydrogen) atoms. The van der Waals surface area contributed by atoms with Crippen LogP contribution in [0.4, 0.5) is 0 Å². The van der Waals surface area contributed by atoms with E-state index < -0.39 is 0 Å². The van der Waals surface area contributed by atoms with Gasteiger partial charge in [0.2, 0.25) is 0 Å². The van der Waals surface area contributed by atoms with E-state index >= 15 is 0 Å². The van der Waals surface area contributed by atoms with Crippen molar-refractivity contribution in [3.8, 4) is 17.0 Å². The van der Waals surface area contributed by atoms with E-state index in [4.69, 9.17) is 15.7 Å². The summed E-state index contributed by atoms with van der Waals surface area (Å²) in [5, 5.41) is 14.1. The minimum Gasteiger partial charge on any atom is -0.492 e. The highest BCUT2D eigenvalue weighted by molar-refractivity contribution is 7.12. The topological polar surface area (TPSA) is 84.0 Å². The standard InChI is InChI=1S/C17H22N4O2S/c18-16(20-22)17-19-15(12-24-17)13-4-6-14(7-5-13)23-11-10-21-8-2-1-3-9-21/h4-7,12,22H,1-3,8-11H2,(H2,18,20). The van der Waals surface area contributed by atoms with Crippen molar-refractivity contribution >= 4 is 17.2 Å². The second-order valence-electron chi connectivity index (χ2n) is 5.80. The largest absolute Gasteiger partial charge is 0.492 e. The highest BCUT2D eigenvalue weighted by Crippen LogP contribution is 2.24. The van der Waals surface area contributed by atoms with E-state index in [-0.39, 0.29) is 5.84 Å². The number of likely N-dealkylation sites (tertiary alicyclic amines) is 1. The molecule has 1 fully saturated rings. The average Bonchev–Trinajstić information content (AvgIpc) is 3.13. The fourth-order valence-corrected chi connectivity index (χ4v) is 3.49. The number of hydrogen-bond acceptors (Lipinski definition) is 6. The maximum Gasteiger partial charge on any atom is 0.199 e. The van der Waals surface area contributed by atoms with Crippen LogP contribution in [0.5, 0.6) is 5.75 Å². The van der Waals surface area contributed by atoms with Crippen LogP contribution < -0.4 is 10.5 Å². The van der Waals surface area contributed by atoms with Gasteiger partial charge in [0, 0.05) is 17.5 Å². The van der Waals surface area contributed by atoms with Crippen molar-refractivity contribution in [2.75, 3.05) is 26.2 Å². The molecule has 0 saturated carbocycles. The molecule has 7 heteroatoms. The Morgan fingerprint density at radius 2 is 2.00 bits per heavy atom. The highest BCUT2D eigenvalue weighted by atomic mass is 32.1. The Labute approximate surface area is 145 Å². The van der Waals surface area contributed by atoms with Crippen molar-refractivity contribution < 1.29 is 9.94 Å². The molecule has 0 unspecified atom stereocenters. The summed E-state index contributed by atoms with van der Waals surface area (Å²) in [4.78, 5) is 6.82. The minimum atomic E-state index is 0.0314. The molecule has 2 heterocycles. The van der Waals surface area contributed by atoms with Crippen molar-refractivity contribution in [3.63, 3.8) is 0 Å². The molecule has 0 spiro atoms. The predicted molar refractivity (Wildman–Crippen MR) is 95.8 cm³/mol. The zero-order valence-electron chi connectivity index (χ0n) is 13.5. The van der Waals surface area contributed by atoms with Crippen LogP contribution in [0.2, 0.25) is 0 Å². The molecule has 0 aliphatic carbocycles. The summed E-state index contributed by atoms with van der Waals surface area (Å²) in [6, 6.07) is 7.85. The minimum absolute atomic E-state index is 0.0314. The molecule has 0 atom stereocenters. The van der Waals surface area contributed by atoms with Crippen molar-refractivity contribution in [3.05, 3.63) is 34.7 Å². The van der Waals surface area contributed by atoms with E-state index in [1.165, 1.54) is 43.7 Å². The van der Waals surface area contributed by atoms with Crippen LogP contribution in [0, 0.1) is 0 Å². The third-order valence-corrected chi connectivity index (χ3v) is 4.97. The molecular formula is C17H22N4O2S. The Morgan fingerprint density at radius 1 is 1.25 bits per heavy atom. The number of piperidine rings is 1. The number of nitrogens with two attached hydrogens (primary N) is 1. The Kier molecular flexibility index (Phi) is 5.66. The van der Waals surface area contributed by atoms with Gasteiger partial charge in [-0.3, -0.25) is 4.90 Å². The maximum atomic E-state index is 8.69. The molecule has 6 nitrogen and oxygen atoms in total. The summed E-state index contributed by atoms with van der Waals surface area (Å²) >= 11 is 1.35. The van der Waals surface area contributed by atoms with E-state index in [1.54, 1.807) is 0 Å². The van der Waals surface area contributed by atoms with Gasteiger partial charge < -0.3 is 15.7 Å². The Balaban J connectivity index is 1.54. The van der Waals surface area contributed by atoms with Gasteiger partial charge in [-0.05, 0) is 50.2 Å². The van der Waals surface area contributed by atoms with Gasteiger partial charge in [0.05, 0.1) is 5.69 Å². The first kappa shape index (κ1) is 16.7. The summed E-state index contributed by atoms with van der Waals surface area (Å²) in [6.45, 7) is 4.07. The van der Waals surface area contributed by atoms with Crippen LogP contribution in [0.25, 0.3) is 11.3 Å². The molecule has 128 valence electrons. The third kappa shape index (κ3) is 4.24. The smallest absolute Gasteiger partial charge is 0.199 e. The SMILES string of the molecule is NC(=NO)c1nc(-c2ccc(OCCN3CCCCC3)cc2)cs1. The molecule has 1 aromatic heterocycles. The van der Waals surface area contributed by atoms with Crippen molar-refractivity contribution in [2.45, 2.75) is 19.3 Å². The molecule has 1 aliphatic rings. The van der Waals surface area contributed by atoms with Gasteiger partial charge >= 0.3 is 0 Å². The fourth-order valence-electron chi connectivity index (χ4n) is 2.76. The third-order valence-electron chi connectivity index (χ3n) is 4.11. The number of thiazole rings is 1. The second-order valence-corrected chi connectivity index (χ2v) is 6.66. The normalized spacial score (nSPS) is 16.2. The number of benzene rings is 1. The molecule has 3 rings (SSSR count). The van der Waals surface area contributed by atoms with Gasteiger partial charge in [0.1, 0.15) is 12.4 Å². The van der Waals surface area contributed by atoms with E-state index in [0.717, 1.165) is 23.6 Å². The molecule has 2 aromatic rings. The van der Waals surface area contributed by atoms with Crippen molar-refractivity contribution in [2.24, 2.45) is 10.9 Å². The Hall–Kier alpha value is -2.12. The van der Waals surface area contributed by atoms with Gasteiger partial charge in [0.15, 0.2) is 10.8 Å². The number of amidine groups is 1. The van der Waals surface area contributed by atoms with Gasteiger partial charge in [-0.1, -0.05) is 11.6 Å². The fraction of sp³-hybridized carbons (Fsp3) is 0.412. The lowest BCUT2D eigenvalue weighted by atomic mass is 10.1. The predicted octanol–water partition coefficient (Wildman–Crippen LogP) is 2.77. The molecule has 1 saturated heterocycles. The molecule has 0 amide bonds. The average molecular weight is 346 g/mol. The van der Waals surface area contributed by atoms with Crippen LogP contribution in [-0.2, 0) is 0 Å². The molecule has 3 N–H and O–H groups in total. The molecule has 0 bridgehead atoms. The maximum absolute atomic E-state index is 8.69. The van der Waals surface area contributed by atoms with Crippen LogP contribution >= 0.6 is 11.3 Å². The van der Waals surface area contributed by atoms with Crippen LogP contribution in [-0.4, -0.2) is 47.2 Å². The van der Waals surface area contributed by atoms with E-state index in [9.17, 15) is 0 Å². The summed E-state index contributed by atoms with van der Waals surface area (Å²) < 4.78 is 5.83. The van der Waals surface area contributed by atoms with Gasteiger partial charge in [-0.25, -0.2) is 4.98 Å².